The second-order valence-corrected chi connectivity index (χ2v) is 7.65. The highest BCUT2D eigenvalue weighted by Crippen LogP contribution is 2.23. The van der Waals surface area contributed by atoms with Crippen LogP contribution in [-0.4, -0.2) is 28.8 Å². The molecule has 2 amide bonds. The molecule has 27 heavy (non-hydrogen) atoms. The Hall–Kier alpha value is -2.49. The summed E-state index contributed by atoms with van der Waals surface area (Å²) in [6.45, 7) is 0. The standard InChI is InChI=1S/C17H16ClN5O2S2/c1-19-14(24)6-12-8-27-17(22-12)23-15(25)7-13-9-26-16(21-13)20-11-4-2-3-10(18)5-11/h2-5,8-9H,6-7H2,1H3,(H,19,24)(H,20,21)(H,22,23,25). The lowest BCUT2D eigenvalue weighted by atomic mass is 10.3. The van der Waals surface area contributed by atoms with E-state index in [4.69, 9.17) is 11.6 Å². The summed E-state index contributed by atoms with van der Waals surface area (Å²) in [5.74, 6) is -0.337. The highest BCUT2D eigenvalue weighted by Gasteiger charge is 2.12. The number of hydrogen-bond acceptors (Lipinski definition) is 7. The SMILES string of the molecule is CNC(=O)Cc1csc(NC(=O)Cc2csc(Nc3cccc(Cl)c3)n2)n1. The molecule has 2 aromatic heterocycles. The number of aromatic nitrogens is 2. The van der Waals surface area contributed by atoms with Crippen LogP contribution in [0.3, 0.4) is 0 Å². The van der Waals surface area contributed by atoms with E-state index < -0.39 is 0 Å². The fourth-order valence-electron chi connectivity index (χ4n) is 2.16. The van der Waals surface area contributed by atoms with E-state index in [1.165, 1.54) is 22.7 Å². The van der Waals surface area contributed by atoms with Gasteiger partial charge in [-0.25, -0.2) is 9.97 Å². The summed E-state index contributed by atoms with van der Waals surface area (Å²) in [7, 11) is 1.57. The van der Waals surface area contributed by atoms with E-state index in [2.05, 4.69) is 25.9 Å². The Morgan fingerprint density at radius 1 is 1.04 bits per heavy atom. The monoisotopic (exact) mass is 421 g/mol. The summed E-state index contributed by atoms with van der Waals surface area (Å²) in [5.41, 5.74) is 2.11. The van der Waals surface area contributed by atoms with E-state index in [0.29, 0.717) is 26.7 Å². The Labute approximate surface area is 168 Å². The molecule has 0 saturated heterocycles. The second-order valence-electron chi connectivity index (χ2n) is 5.50. The fraction of sp³-hybridized carbons (Fsp3) is 0.176. The van der Waals surface area contributed by atoms with E-state index >= 15 is 0 Å². The van der Waals surface area contributed by atoms with Crippen LogP contribution >= 0.6 is 34.3 Å². The summed E-state index contributed by atoms with van der Waals surface area (Å²) < 4.78 is 0. The van der Waals surface area contributed by atoms with Crippen molar-refractivity contribution in [1.82, 2.24) is 15.3 Å². The molecule has 0 fully saturated rings. The molecule has 0 unspecified atom stereocenters. The molecular formula is C17H16ClN5O2S2. The van der Waals surface area contributed by atoms with Crippen molar-refractivity contribution in [3.05, 3.63) is 51.4 Å². The number of thiazole rings is 2. The van der Waals surface area contributed by atoms with Crippen LogP contribution in [0.5, 0.6) is 0 Å². The third-order valence-corrected chi connectivity index (χ3v) is 5.24. The number of halogens is 1. The van der Waals surface area contributed by atoms with Crippen LogP contribution < -0.4 is 16.0 Å². The van der Waals surface area contributed by atoms with Crippen molar-refractivity contribution in [2.75, 3.05) is 17.7 Å². The molecule has 3 rings (SSSR count). The molecule has 0 radical (unpaired) electrons. The van der Waals surface area contributed by atoms with Gasteiger partial charge in [0.25, 0.3) is 0 Å². The average molecular weight is 422 g/mol. The number of benzene rings is 1. The number of amides is 2. The predicted octanol–water partition coefficient (Wildman–Crippen LogP) is 3.47. The minimum Gasteiger partial charge on any atom is -0.359 e. The van der Waals surface area contributed by atoms with Gasteiger partial charge in [0, 0.05) is 28.5 Å². The van der Waals surface area contributed by atoms with E-state index in [1.807, 2.05) is 17.5 Å². The van der Waals surface area contributed by atoms with Crippen LogP contribution in [0.15, 0.2) is 35.0 Å². The maximum Gasteiger partial charge on any atom is 0.232 e. The van der Waals surface area contributed by atoms with Crippen molar-refractivity contribution in [2.24, 2.45) is 0 Å². The molecule has 3 N–H and O–H groups in total. The maximum absolute atomic E-state index is 12.2. The van der Waals surface area contributed by atoms with Crippen molar-refractivity contribution in [1.29, 1.82) is 0 Å². The molecule has 0 aliphatic carbocycles. The van der Waals surface area contributed by atoms with E-state index in [0.717, 1.165) is 5.69 Å². The Balaban J connectivity index is 1.54. The van der Waals surface area contributed by atoms with Gasteiger partial charge in [-0.1, -0.05) is 17.7 Å². The molecule has 0 atom stereocenters. The topological polar surface area (TPSA) is 96.0 Å². The number of carbonyl (C=O) groups is 2. The van der Waals surface area contributed by atoms with Gasteiger partial charge in [-0.15, -0.1) is 22.7 Å². The van der Waals surface area contributed by atoms with Gasteiger partial charge in [0.05, 0.1) is 24.2 Å². The van der Waals surface area contributed by atoms with Crippen molar-refractivity contribution in [2.45, 2.75) is 12.8 Å². The minimum absolute atomic E-state index is 0.125. The lowest BCUT2D eigenvalue weighted by Gasteiger charge is -2.02. The van der Waals surface area contributed by atoms with Crippen molar-refractivity contribution in [3.63, 3.8) is 0 Å². The molecule has 0 aliphatic rings. The molecule has 3 aromatic rings. The highest BCUT2D eigenvalue weighted by atomic mass is 35.5. The van der Waals surface area contributed by atoms with E-state index in [9.17, 15) is 9.59 Å². The molecule has 10 heteroatoms. The first-order valence-corrected chi connectivity index (χ1v) is 10.1. The lowest BCUT2D eigenvalue weighted by molar-refractivity contribution is -0.120. The minimum atomic E-state index is -0.213. The van der Waals surface area contributed by atoms with E-state index in [1.54, 1.807) is 24.6 Å². The van der Waals surface area contributed by atoms with Gasteiger partial charge in [-0.05, 0) is 18.2 Å². The summed E-state index contributed by atoms with van der Waals surface area (Å²) in [6.07, 6.45) is 0.325. The molecule has 0 aliphatic heterocycles. The molecule has 0 bridgehead atoms. The largest absolute Gasteiger partial charge is 0.359 e. The number of likely N-dealkylation sites (N-methyl/N-ethyl adjacent to an activating group) is 1. The van der Waals surface area contributed by atoms with Gasteiger partial charge in [0.15, 0.2) is 10.3 Å². The quantitative estimate of drug-likeness (QED) is 0.542. The van der Waals surface area contributed by atoms with Gasteiger partial charge in [0.1, 0.15) is 0 Å². The van der Waals surface area contributed by atoms with Gasteiger partial charge in [0.2, 0.25) is 11.8 Å². The van der Waals surface area contributed by atoms with Gasteiger partial charge in [-0.2, -0.15) is 0 Å². The first-order valence-electron chi connectivity index (χ1n) is 7.93. The summed E-state index contributed by atoms with van der Waals surface area (Å²) in [5, 5.41) is 13.8. The predicted molar refractivity (Wildman–Crippen MR) is 109 cm³/mol. The number of rotatable bonds is 7. The third-order valence-electron chi connectivity index (χ3n) is 3.39. The normalized spacial score (nSPS) is 10.4. The van der Waals surface area contributed by atoms with Crippen molar-refractivity contribution in [3.8, 4) is 0 Å². The molecule has 140 valence electrons. The zero-order valence-corrected chi connectivity index (χ0v) is 16.7. The zero-order valence-electron chi connectivity index (χ0n) is 14.3. The number of carbonyl (C=O) groups excluding carboxylic acids is 2. The van der Waals surface area contributed by atoms with Crippen molar-refractivity contribution >= 4 is 62.0 Å². The number of anilines is 3. The Bertz CT molecular complexity index is 956. The summed E-state index contributed by atoms with van der Waals surface area (Å²) >= 11 is 8.66. The first kappa shape index (κ1) is 19.3. The molecule has 0 spiro atoms. The second kappa shape index (κ2) is 8.94. The molecule has 0 saturated carbocycles. The number of nitrogens with zero attached hydrogens (tertiary/aromatic N) is 2. The van der Waals surface area contributed by atoms with E-state index in [-0.39, 0.29) is 24.7 Å². The summed E-state index contributed by atoms with van der Waals surface area (Å²) in [6, 6.07) is 7.33. The molecule has 1 aromatic carbocycles. The van der Waals surface area contributed by atoms with Crippen LogP contribution in [0.2, 0.25) is 5.02 Å². The van der Waals surface area contributed by atoms with Crippen LogP contribution in [-0.2, 0) is 22.4 Å². The fourth-order valence-corrected chi connectivity index (χ4v) is 3.81. The Kier molecular flexibility index (Phi) is 6.38. The average Bonchev–Trinajstić information content (AvgIpc) is 3.24. The Morgan fingerprint density at radius 3 is 2.41 bits per heavy atom. The highest BCUT2D eigenvalue weighted by molar-refractivity contribution is 7.14. The van der Waals surface area contributed by atoms with Crippen LogP contribution in [0.4, 0.5) is 16.0 Å². The van der Waals surface area contributed by atoms with Gasteiger partial charge < -0.3 is 16.0 Å². The van der Waals surface area contributed by atoms with Crippen LogP contribution in [0.25, 0.3) is 0 Å². The van der Waals surface area contributed by atoms with Crippen molar-refractivity contribution < 1.29 is 9.59 Å². The van der Waals surface area contributed by atoms with Crippen LogP contribution in [0.1, 0.15) is 11.4 Å². The van der Waals surface area contributed by atoms with Crippen LogP contribution in [0, 0.1) is 0 Å². The smallest absolute Gasteiger partial charge is 0.232 e. The van der Waals surface area contributed by atoms with Gasteiger partial charge >= 0.3 is 0 Å². The number of nitrogens with one attached hydrogen (secondary N) is 3. The zero-order chi connectivity index (χ0) is 19.2. The third kappa shape index (κ3) is 5.75. The Morgan fingerprint density at radius 2 is 1.70 bits per heavy atom. The summed E-state index contributed by atoms with van der Waals surface area (Å²) in [4.78, 5) is 32.2. The number of hydrogen-bond donors (Lipinski definition) is 3. The molecular weight excluding hydrogens is 406 g/mol. The lowest BCUT2D eigenvalue weighted by Crippen LogP contribution is -2.20. The van der Waals surface area contributed by atoms with Gasteiger partial charge in [-0.3, -0.25) is 9.59 Å². The molecule has 2 heterocycles. The first-order chi connectivity index (χ1) is 13.0. The molecule has 7 nitrogen and oxygen atoms in total. The maximum atomic E-state index is 12.2.